The minimum Gasteiger partial charge on any atom is -0.480 e. The van der Waals surface area contributed by atoms with Crippen LogP contribution in [0.2, 0.25) is 0 Å². The Bertz CT molecular complexity index is 542. The molecule has 1 heterocycles. The molecule has 2 N–H and O–H groups in total. The maximum atomic E-state index is 12.1. The van der Waals surface area contributed by atoms with E-state index in [2.05, 4.69) is 19.2 Å². The molecule has 22 heavy (non-hydrogen) atoms. The summed E-state index contributed by atoms with van der Waals surface area (Å²) in [4.78, 5) is 25.3. The van der Waals surface area contributed by atoms with E-state index in [0.29, 0.717) is 31.0 Å². The lowest BCUT2D eigenvalue weighted by atomic mass is 10.1. The lowest BCUT2D eigenvalue weighted by molar-refractivity contribution is -0.142. The van der Waals surface area contributed by atoms with E-state index in [1.54, 1.807) is 6.07 Å². The normalized spacial score (nSPS) is 18.6. The number of nitrogens with one attached hydrogen (secondary N) is 1. The molecule has 0 unspecified atom stereocenters. The largest absolute Gasteiger partial charge is 0.480 e. The summed E-state index contributed by atoms with van der Waals surface area (Å²) < 4.78 is 0. The smallest absolute Gasteiger partial charge is 0.320 e. The molecule has 5 heteroatoms. The van der Waals surface area contributed by atoms with E-state index in [-0.39, 0.29) is 5.91 Å². The minimum absolute atomic E-state index is 0.0771. The van der Waals surface area contributed by atoms with Crippen molar-refractivity contribution < 1.29 is 14.7 Å². The van der Waals surface area contributed by atoms with Crippen LogP contribution in [0.1, 0.15) is 42.6 Å². The molecule has 1 fully saturated rings. The van der Waals surface area contributed by atoms with Crippen LogP contribution in [0.3, 0.4) is 0 Å². The first-order valence-electron chi connectivity index (χ1n) is 7.81. The van der Waals surface area contributed by atoms with Crippen molar-refractivity contribution in [2.75, 3.05) is 13.1 Å². The second-order valence-electron chi connectivity index (χ2n) is 6.27. The number of carboxylic acids is 1. The summed E-state index contributed by atoms with van der Waals surface area (Å²) in [7, 11) is 0. The van der Waals surface area contributed by atoms with Gasteiger partial charge in [-0.05, 0) is 43.0 Å². The van der Waals surface area contributed by atoms with E-state index in [9.17, 15) is 14.7 Å². The first kappa shape index (κ1) is 16.5. The summed E-state index contributed by atoms with van der Waals surface area (Å²) >= 11 is 0. The molecular formula is C17H24N2O3. The number of hydrogen-bond acceptors (Lipinski definition) is 3. The van der Waals surface area contributed by atoms with Gasteiger partial charge in [-0.25, -0.2) is 0 Å². The second kappa shape index (κ2) is 7.40. The van der Waals surface area contributed by atoms with Crippen LogP contribution in [-0.4, -0.2) is 41.0 Å². The van der Waals surface area contributed by atoms with Crippen LogP contribution in [-0.2, 0) is 11.3 Å². The van der Waals surface area contributed by atoms with Gasteiger partial charge >= 0.3 is 5.97 Å². The minimum atomic E-state index is -0.761. The Morgan fingerprint density at radius 2 is 2.18 bits per heavy atom. The summed E-state index contributed by atoms with van der Waals surface area (Å²) in [5, 5.41) is 12.1. The fraction of sp³-hybridized carbons (Fsp3) is 0.529. The molecule has 1 aromatic carbocycles. The molecule has 1 amide bonds. The molecule has 1 atom stereocenters. The zero-order chi connectivity index (χ0) is 16.1. The Balaban J connectivity index is 2.02. The van der Waals surface area contributed by atoms with Gasteiger partial charge in [-0.1, -0.05) is 26.0 Å². The van der Waals surface area contributed by atoms with Gasteiger partial charge in [0.2, 0.25) is 0 Å². The van der Waals surface area contributed by atoms with Crippen LogP contribution in [0.5, 0.6) is 0 Å². The van der Waals surface area contributed by atoms with Crippen LogP contribution in [0, 0.1) is 5.92 Å². The SMILES string of the molecule is CC(C)CNC(=O)c1cccc(CN2CCC[C@H]2C(=O)O)c1. The number of rotatable bonds is 6. The van der Waals surface area contributed by atoms with Gasteiger partial charge in [-0.2, -0.15) is 0 Å². The zero-order valence-corrected chi connectivity index (χ0v) is 13.2. The molecule has 2 rings (SSSR count). The first-order valence-corrected chi connectivity index (χ1v) is 7.81. The summed E-state index contributed by atoms with van der Waals surface area (Å²) in [5.41, 5.74) is 1.61. The number of nitrogens with zero attached hydrogens (tertiary/aromatic N) is 1. The van der Waals surface area contributed by atoms with Crippen molar-refractivity contribution in [1.82, 2.24) is 10.2 Å². The molecule has 0 aromatic heterocycles. The summed E-state index contributed by atoms with van der Waals surface area (Å²) in [6.07, 6.45) is 1.61. The highest BCUT2D eigenvalue weighted by molar-refractivity contribution is 5.94. The van der Waals surface area contributed by atoms with E-state index in [1.807, 2.05) is 23.1 Å². The highest BCUT2D eigenvalue weighted by Crippen LogP contribution is 2.20. The Kier molecular flexibility index (Phi) is 5.55. The number of carboxylic acid groups (broad SMARTS) is 1. The Morgan fingerprint density at radius 1 is 1.41 bits per heavy atom. The number of likely N-dealkylation sites (tertiary alicyclic amines) is 1. The molecule has 0 bridgehead atoms. The molecule has 1 aromatic rings. The predicted octanol–water partition coefficient (Wildman–Crippen LogP) is 2.12. The summed E-state index contributed by atoms with van der Waals surface area (Å²) in [6.45, 7) is 6.12. The highest BCUT2D eigenvalue weighted by Gasteiger charge is 2.30. The van der Waals surface area contributed by atoms with Crippen molar-refractivity contribution in [2.24, 2.45) is 5.92 Å². The van der Waals surface area contributed by atoms with Crippen molar-refractivity contribution in [3.05, 3.63) is 35.4 Å². The van der Waals surface area contributed by atoms with Gasteiger partial charge in [0.25, 0.3) is 5.91 Å². The summed E-state index contributed by atoms with van der Waals surface area (Å²) in [6, 6.07) is 7.03. The third-order valence-corrected chi connectivity index (χ3v) is 3.89. The van der Waals surface area contributed by atoms with E-state index >= 15 is 0 Å². The van der Waals surface area contributed by atoms with Crippen LogP contribution >= 0.6 is 0 Å². The van der Waals surface area contributed by atoms with Gasteiger partial charge in [0.05, 0.1) is 0 Å². The molecule has 1 aliphatic rings. The summed E-state index contributed by atoms with van der Waals surface area (Å²) in [5.74, 6) is -0.428. The van der Waals surface area contributed by atoms with Gasteiger partial charge in [-0.15, -0.1) is 0 Å². The maximum Gasteiger partial charge on any atom is 0.320 e. The van der Waals surface area contributed by atoms with Crippen molar-refractivity contribution in [2.45, 2.75) is 39.3 Å². The second-order valence-corrected chi connectivity index (χ2v) is 6.27. The van der Waals surface area contributed by atoms with Gasteiger partial charge in [-0.3, -0.25) is 14.5 Å². The fourth-order valence-corrected chi connectivity index (χ4v) is 2.74. The average Bonchev–Trinajstić information content (AvgIpc) is 2.93. The lowest BCUT2D eigenvalue weighted by Gasteiger charge is -2.21. The number of amides is 1. The molecule has 0 saturated carbocycles. The van der Waals surface area contributed by atoms with Gasteiger partial charge in [0.1, 0.15) is 6.04 Å². The van der Waals surface area contributed by atoms with Crippen LogP contribution in [0.25, 0.3) is 0 Å². The molecule has 0 radical (unpaired) electrons. The van der Waals surface area contributed by atoms with E-state index in [1.165, 1.54) is 0 Å². The van der Waals surface area contributed by atoms with E-state index < -0.39 is 12.0 Å². The van der Waals surface area contributed by atoms with E-state index in [0.717, 1.165) is 18.5 Å². The molecule has 1 saturated heterocycles. The number of carbonyl (C=O) groups excluding carboxylic acids is 1. The molecule has 0 spiro atoms. The molecule has 0 aliphatic carbocycles. The van der Waals surface area contributed by atoms with Crippen molar-refractivity contribution in [1.29, 1.82) is 0 Å². The Labute approximate surface area is 131 Å². The van der Waals surface area contributed by atoms with Crippen LogP contribution in [0.15, 0.2) is 24.3 Å². The van der Waals surface area contributed by atoms with Gasteiger partial charge in [0.15, 0.2) is 0 Å². The Morgan fingerprint density at radius 3 is 2.86 bits per heavy atom. The molecule has 5 nitrogen and oxygen atoms in total. The topological polar surface area (TPSA) is 69.6 Å². The third kappa shape index (κ3) is 4.31. The number of benzene rings is 1. The van der Waals surface area contributed by atoms with Crippen molar-refractivity contribution in [3.8, 4) is 0 Å². The number of hydrogen-bond donors (Lipinski definition) is 2. The van der Waals surface area contributed by atoms with Crippen molar-refractivity contribution in [3.63, 3.8) is 0 Å². The lowest BCUT2D eigenvalue weighted by Crippen LogP contribution is -2.35. The molecular weight excluding hydrogens is 280 g/mol. The fourth-order valence-electron chi connectivity index (χ4n) is 2.74. The average molecular weight is 304 g/mol. The van der Waals surface area contributed by atoms with Crippen molar-refractivity contribution >= 4 is 11.9 Å². The number of carbonyl (C=O) groups is 2. The standard InChI is InChI=1S/C17H24N2O3/c1-12(2)10-18-16(20)14-6-3-5-13(9-14)11-19-8-4-7-15(19)17(21)22/h3,5-6,9,12,15H,4,7-8,10-11H2,1-2H3,(H,18,20)(H,21,22)/t15-/m0/s1. The van der Waals surface area contributed by atoms with Gasteiger partial charge < -0.3 is 10.4 Å². The number of aliphatic carboxylic acids is 1. The highest BCUT2D eigenvalue weighted by atomic mass is 16.4. The predicted molar refractivity (Wildman–Crippen MR) is 84.7 cm³/mol. The monoisotopic (exact) mass is 304 g/mol. The van der Waals surface area contributed by atoms with Gasteiger partial charge in [0, 0.05) is 18.7 Å². The van der Waals surface area contributed by atoms with Crippen LogP contribution < -0.4 is 5.32 Å². The maximum absolute atomic E-state index is 12.1. The Hall–Kier alpha value is -1.88. The molecule has 120 valence electrons. The third-order valence-electron chi connectivity index (χ3n) is 3.89. The van der Waals surface area contributed by atoms with Crippen LogP contribution in [0.4, 0.5) is 0 Å². The van der Waals surface area contributed by atoms with E-state index in [4.69, 9.17) is 0 Å². The quantitative estimate of drug-likeness (QED) is 0.844. The first-order chi connectivity index (χ1) is 10.5. The molecule has 1 aliphatic heterocycles. The zero-order valence-electron chi connectivity index (χ0n) is 13.2.